The van der Waals surface area contributed by atoms with Gasteiger partial charge in [0, 0.05) is 12.1 Å². The van der Waals surface area contributed by atoms with Gasteiger partial charge in [-0.2, -0.15) is 0 Å². The first-order valence-electron chi connectivity index (χ1n) is 5.62. The first-order valence-corrected chi connectivity index (χ1v) is 6.38. The van der Waals surface area contributed by atoms with Gasteiger partial charge in [-0.05, 0) is 24.6 Å². The maximum absolute atomic E-state index is 5.95. The van der Waals surface area contributed by atoms with Gasteiger partial charge in [0.1, 0.15) is 0 Å². The average molecular weight is 272 g/mol. The van der Waals surface area contributed by atoms with Crippen LogP contribution in [0.3, 0.4) is 0 Å². The lowest BCUT2D eigenvalue weighted by atomic mass is 10.1. The zero-order valence-electron chi connectivity index (χ0n) is 9.62. The summed E-state index contributed by atoms with van der Waals surface area (Å²) in [5, 5.41) is 4.60. The number of nitrogens with one attached hydrogen (secondary N) is 1. The summed E-state index contributed by atoms with van der Waals surface area (Å²) in [6.45, 7) is 3.60. The molecule has 1 heterocycles. The Kier molecular flexibility index (Phi) is 4.46. The summed E-state index contributed by atoms with van der Waals surface area (Å²) in [5.41, 5.74) is 1.04. The van der Waals surface area contributed by atoms with Gasteiger partial charge in [0.05, 0.1) is 23.3 Å². The van der Waals surface area contributed by atoms with E-state index in [4.69, 9.17) is 27.9 Å². The van der Waals surface area contributed by atoms with E-state index in [0.29, 0.717) is 22.7 Å². The molecule has 2 nitrogen and oxygen atoms in total. The first kappa shape index (κ1) is 12.9. The van der Waals surface area contributed by atoms with E-state index >= 15 is 0 Å². The molecule has 1 aromatic rings. The van der Waals surface area contributed by atoms with Crippen LogP contribution < -0.4 is 5.32 Å². The lowest BCUT2D eigenvalue weighted by Gasteiger charge is -2.26. The maximum Gasteiger partial charge on any atom is 0.0656 e. The molecule has 0 saturated carbocycles. The van der Waals surface area contributed by atoms with Crippen molar-refractivity contribution in [3.05, 3.63) is 39.9 Å². The molecule has 2 atom stereocenters. The van der Waals surface area contributed by atoms with Crippen molar-refractivity contribution in [2.24, 2.45) is 0 Å². The first-order chi connectivity index (χ1) is 8.15. The van der Waals surface area contributed by atoms with Gasteiger partial charge in [-0.15, -0.1) is 0 Å². The number of morpholine rings is 1. The zero-order valence-corrected chi connectivity index (χ0v) is 11.1. The van der Waals surface area contributed by atoms with Crippen molar-refractivity contribution in [1.29, 1.82) is 0 Å². The van der Waals surface area contributed by atoms with Gasteiger partial charge < -0.3 is 10.1 Å². The average Bonchev–Trinajstić information content (AvgIpc) is 2.31. The Bertz CT molecular complexity index is 420. The fourth-order valence-corrected chi connectivity index (χ4v) is 2.09. The van der Waals surface area contributed by atoms with Gasteiger partial charge in [0.15, 0.2) is 0 Å². The minimum Gasteiger partial charge on any atom is -0.378 e. The summed E-state index contributed by atoms with van der Waals surface area (Å²) in [6, 6.07) is 6.25. The third-order valence-electron chi connectivity index (χ3n) is 2.63. The van der Waals surface area contributed by atoms with E-state index < -0.39 is 0 Å². The third-order valence-corrected chi connectivity index (χ3v) is 3.37. The van der Waals surface area contributed by atoms with Crippen LogP contribution in [0.1, 0.15) is 12.5 Å². The second-order valence-electron chi connectivity index (χ2n) is 4.24. The Hall–Kier alpha value is -0.540. The molecule has 4 heteroatoms. The molecule has 1 fully saturated rings. The molecule has 0 spiro atoms. The summed E-state index contributed by atoms with van der Waals surface area (Å²) < 4.78 is 5.46. The molecule has 2 unspecified atom stereocenters. The Morgan fingerprint density at radius 3 is 2.82 bits per heavy atom. The van der Waals surface area contributed by atoms with Crippen molar-refractivity contribution < 1.29 is 4.74 Å². The fourth-order valence-electron chi connectivity index (χ4n) is 1.79. The van der Waals surface area contributed by atoms with E-state index in [1.807, 2.05) is 18.2 Å². The maximum atomic E-state index is 5.95. The number of benzene rings is 1. The summed E-state index contributed by atoms with van der Waals surface area (Å²) in [4.78, 5) is 0. The predicted molar refractivity (Wildman–Crippen MR) is 72.7 cm³/mol. The van der Waals surface area contributed by atoms with Gasteiger partial charge in [-0.25, -0.2) is 0 Å². The Morgan fingerprint density at radius 1 is 1.29 bits per heavy atom. The number of hydrogen-bond donors (Lipinski definition) is 1. The molecular formula is C13H15Cl2NO. The molecule has 92 valence electrons. The van der Waals surface area contributed by atoms with Crippen LogP contribution in [0.4, 0.5) is 0 Å². The summed E-state index contributed by atoms with van der Waals surface area (Å²) >= 11 is 11.8. The van der Waals surface area contributed by atoms with Crippen LogP contribution in [0.25, 0.3) is 6.08 Å². The lowest BCUT2D eigenvalue weighted by molar-refractivity contribution is 0.0637. The summed E-state index contributed by atoms with van der Waals surface area (Å²) in [7, 11) is 0. The van der Waals surface area contributed by atoms with Crippen molar-refractivity contribution in [2.75, 3.05) is 13.2 Å². The molecule has 0 aromatic heterocycles. The van der Waals surface area contributed by atoms with E-state index in [1.165, 1.54) is 0 Å². The van der Waals surface area contributed by atoms with Gasteiger partial charge in [-0.3, -0.25) is 0 Å². The molecule has 0 amide bonds. The van der Waals surface area contributed by atoms with Crippen molar-refractivity contribution in [2.45, 2.75) is 19.0 Å². The number of ether oxygens (including phenoxy) is 1. The summed E-state index contributed by atoms with van der Waals surface area (Å²) in [5.74, 6) is 0. The highest BCUT2D eigenvalue weighted by atomic mass is 35.5. The van der Waals surface area contributed by atoms with Gasteiger partial charge >= 0.3 is 0 Å². The highest BCUT2D eigenvalue weighted by molar-refractivity contribution is 6.42. The van der Waals surface area contributed by atoms with Crippen LogP contribution in [0.15, 0.2) is 24.3 Å². The molecule has 0 radical (unpaired) electrons. The van der Waals surface area contributed by atoms with Crippen LogP contribution in [0, 0.1) is 0 Å². The molecule has 0 aliphatic carbocycles. The third kappa shape index (κ3) is 3.71. The predicted octanol–water partition coefficient (Wildman–Crippen LogP) is 3.38. The molecule has 2 rings (SSSR count). The van der Waals surface area contributed by atoms with Crippen LogP contribution in [0.5, 0.6) is 0 Å². The summed E-state index contributed by atoms with van der Waals surface area (Å²) in [6.07, 6.45) is 4.12. The molecule has 1 aliphatic rings. The Labute approximate surface area is 112 Å². The Balaban J connectivity index is 2.01. The Morgan fingerprint density at radius 2 is 2.12 bits per heavy atom. The second-order valence-corrected chi connectivity index (χ2v) is 5.06. The monoisotopic (exact) mass is 271 g/mol. The smallest absolute Gasteiger partial charge is 0.0656 e. The van der Waals surface area contributed by atoms with Crippen LogP contribution in [-0.2, 0) is 4.74 Å². The van der Waals surface area contributed by atoms with Gasteiger partial charge in [-0.1, -0.05) is 41.4 Å². The van der Waals surface area contributed by atoms with Crippen molar-refractivity contribution in [3.8, 4) is 0 Å². The fraction of sp³-hybridized carbons (Fsp3) is 0.385. The van der Waals surface area contributed by atoms with E-state index in [9.17, 15) is 0 Å². The SMILES string of the molecule is CC1COCC(/C=C/c2ccc(Cl)c(Cl)c2)N1. The van der Waals surface area contributed by atoms with Crippen molar-refractivity contribution >= 4 is 29.3 Å². The largest absolute Gasteiger partial charge is 0.378 e. The van der Waals surface area contributed by atoms with E-state index in [0.717, 1.165) is 12.2 Å². The quantitative estimate of drug-likeness (QED) is 0.891. The molecule has 1 aliphatic heterocycles. The molecule has 1 saturated heterocycles. The highest BCUT2D eigenvalue weighted by Crippen LogP contribution is 2.23. The molecule has 17 heavy (non-hydrogen) atoms. The second kappa shape index (κ2) is 5.87. The van der Waals surface area contributed by atoms with E-state index in [-0.39, 0.29) is 6.04 Å². The highest BCUT2D eigenvalue weighted by Gasteiger charge is 2.15. The topological polar surface area (TPSA) is 21.3 Å². The molecular weight excluding hydrogens is 257 g/mol. The minimum absolute atomic E-state index is 0.258. The standard InChI is InChI=1S/C13H15Cl2NO/c1-9-7-17-8-11(16-9)4-2-10-3-5-12(14)13(15)6-10/h2-6,9,11,16H,7-8H2,1H3/b4-2+. The van der Waals surface area contributed by atoms with Crippen LogP contribution in [0.2, 0.25) is 10.0 Å². The van der Waals surface area contributed by atoms with Crippen molar-refractivity contribution in [1.82, 2.24) is 5.32 Å². The molecule has 1 N–H and O–H groups in total. The minimum atomic E-state index is 0.258. The van der Waals surface area contributed by atoms with Gasteiger partial charge in [0.2, 0.25) is 0 Å². The number of rotatable bonds is 2. The molecule has 1 aromatic carbocycles. The van der Waals surface area contributed by atoms with Crippen LogP contribution >= 0.6 is 23.2 Å². The van der Waals surface area contributed by atoms with E-state index in [1.54, 1.807) is 6.07 Å². The lowest BCUT2D eigenvalue weighted by Crippen LogP contribution is -2.46. The van der Waals surface area contributed by atoms with E-state index in [2.05, 4.69) is 18.3 Å². The van der Waals surface area contributed by atoms with Gasteiger partial charge in [0.25, 0.3) is 0 Å². The normalized spacial score (nSPS) is 25.4. The number of hydrogen-bond acceptors (Lipinski definition) is 2. The van der Waals surface area contributed by atoms with Crippen LogP contribution in [-0.4, -0.2) is 25.3 Å². The number of halogens is 2. The molecule has 0 bridgehead atoms. The van der Waals surface area contributed by atoms with Crippen molar-refractivity contribution in [3.63, 3.8) is 0 Å². The zero-order chi connectivity index (χ0) is 12.3.